The summed E-state index contributed by atoms with van der Waals surface area (Å²) in [5, 5.41) is 0.611. The molecule has 2 amide bonds. The smallest absolute Gasteiger partial charge is 0.434 e. The van der Waals surface area contributed by atoms with Crippen LogP contribution in [0.1, 0.15) is 36.8 Å². The van der Waals surface area contributed by atoms with Gasteiger partial charge in [-0.25, -0.2) is 10.2 Å². The van der Waals surface area contributed by atoms with Gasteiger partial charge in [0, 0.05) is 13.2 Å². The zero-order valence-corrected chi connectivity index (χ0v) is 12.5. The molecular formula is C13H16F3N3O3. The molecule has 1 heterocycles. The van der Waals surface area contributed by atoms with Gasteiger partial charge in [0.1, 0.15) is 5.60 Å². The Morgan fingerprint density at radius 3 is 2.36 bits per heavy atom. The molecule has 1 aromatic heterocycles. The first kappa shape index (κ1) is 17.7. The number of hydrogen-bond donors (Lipinski definition) is 1. The number of halogens is 3. The summed E-state index contributed by atoms with van der Waals surface area (Å²) in [6.45, 7) is 4.83. The van der Waals surface area contributed by atoms with Crippen LogP contribution >= 0.6 is 0 Å². The van der Waals surface area contributed by atoms with Gasteiger partial charge in [0.2, 0.25) is 0 Å². The predicted octanol–water partition coefficient (Wildman–Crippen LogP) is 2.61. The van der Waals surface area contributed by atoms with E-state index in [-0.39, 0.29) is 0 Å². The topological polar surface area (TPSA) is 71.5 Å². The number of pyridine rings is 1. The van der Waals surface area contributed by atoms with Gasteiger partial charge in [0.25, 0.3) is 5.91 Å². The molecule has 0 fully saturated rings. The van der Waals surface area contributed by atoms with E-state index in [1.807, 2.05) is 5.43 Å². The van der Waals surface area contributed by atoms with Crippen molar-refractivity contribution >= 4 is 12.0 Å². The van der Waals surface area contributed by atoms with Gasteiger partial charge in [-0.1, -0.05) is 0 Å². The van der Waals surface area contributed by atoms with E-state index in [2.05, 4.69) is 4.98 Å². The molecule has 0 spiro atoms. The van der Waals surface area contributed by atoms with Crippen LogP contribution in [0.15, 0.2) is 18.3 Å². The average Bonchev–Trinajstić information content (AvgIpc) is 2.34. The predicted molar refractivity (Wildman–Crippen MR) is 70.7 cm³/mol. The quantitative estimate of drug-likeness (QED) is 0.808. The monoisotopic (exact) mass is 319 g/mol. The Morgan fingerprint density at radius 1 is 1.27 bits per heavy atom. The number of carbonyl (C=O) groups excluding carboxylic acids is 2. The molecule has 0 radical (unpaired) electrons. The van der Waals surface area contributed by atoms with Gasteiger partial charge in [0.15, 0.2) is 5.69 Å². The second-order valence-corrected chi connectivity index (χ2v) is 5.38. The van der Waals surface area contributed by atoms with Crippen molar-refractivity contribution in [3.63, 3.8) is 0 Å². The fraction of sp³-hybridized carbons (Fsp3) is 0.462. The van der Waals surface area contributed by atoms with Crippen LogP contribution in [0, 0.1) is 0 Å². The number of carbonyl (C=O) groups is 2. The Morgan fingerprint density at radius 2 is 1.86 bits per heavy atom. The molecule has 0 bridgehead atoms. The fourth-order valence-corrected chi connectivity index (χ4v) is 1.47. The third-order valence-electron chi connectivity index (χ3n) is 2.27. The van der Waals surface area contributed by atoms with Crippen LogP contribution in [-0.2, 0) is 10.9 Å². The summed E-state index contributed by atoms with van der Waals surface area (Å²) < 4.78 is 43.3. The molecule has 1 rings (SSSR count). The van der Waals surface area contributed by atoms with Crippen molar-refractivity contribution in [3.05, 3.63) is 29.6 Å². The highest BCUT2D eigenvalue weighted by molar-refractivity contribution is 5.96. The summed E-state index contributed by atoms with van der Waals surface area (Å²) in [7, 11) is 1.11. The Balaban J connectivity index is 2.91. The number of rotatable bonds is 1. The number of hydrazine groups is 1. The highest BCUT2D eigenvalue weighted by atomic mass is 19.4. The first-order valence-corrected chi connectivity index (χ1v) is 6.22. The van der Waals surface area contributed by atoms with Crippen molar-refractivity contribution in [1.82, 2.24) is 15.4 Å². The zero-order chi connectivity index (χ0) is 17.1. The standard InChI is InChI=1S/C13H16F3N3O3/c1-12(2,3)22-11(21)18-19(4)10(20)8-6-5-7-17-9(8)13(14,15)16/h5-7H,1-4H3,(H,18,21). The summed E-state index contributed by atoms with van der Waals surface area (Å²) in [6, 6.07) is 2.18. The van der Waals surface area contributed by atoms with Crippen LogP contribution < -0.4 is 5.43 Å². The van der Waals surface area contributed by atoms with Crippen LogP contribution in [0.25, 0.3) is 0 Å². The second-order valence-electron chi connectivity index (χ2n) is 5.38. The summed E-state index contributed by atoms with van der Waals surface area (Å²) >= 11 is 0. The van der Waals surface area contributed by atoms with Crippen molar-refractivity contribution in [2.45, 2.75) is 32.5 Å². The minimum atomic E-state index is -4.78. The normalized spacial score (nSPS) is 11.8. The van der Waals surface area contributed by atoms with Gasteiger partial charge in [-0.05, 0) is 32.9 Å². The maximum atomic E-state index is 12.8. The molecule has 9 heteroatoms. The van der Waals surface area contributed by atoms with Crippen molar-refractivity contribution < 1.29 is 27.5 Å². The van der Waals surface area contributed by atoms with E-state index < -0.39 is 35.0 Å². The van der Waals surface area contributed by atoms with E-state index in [9.17, 15) is 22.8 Å². The van der Waals surface area contributed by atoms with Gasteiger partial charge in [-0.15, -0.1) is 0 Å². The van der Waals surface area contributed by atoms with Gasteiger partial charge >= 0.3 is 12.3 Å². The molecule has 0 aromatic carbocycles. The van der Waals surface area contributed by atoms with E-state index >= 15 is 0 Å². The summed E-state index contributed by atoms with van der Waals surface area (Å²) in [4.78, 5) is 26.7. The summed E-state index contributed by atoms with van der Waals surface area (Å²) in [6.07, 6.45) is -4.80. The lowest BCUT2D eigenvalue weighted by molar-refractivity contribution is -0.141. The number of nitrogens with one attached hydrogen (secondary N) is 1. The molecule has 0 aliphatic carbocycles. The van der Waals surface area contributed by atoms with E-state index in [4.69, 9.17) is 4.74 Å². The van der Waals surface area contributed by atoms with Crippen molar-refractivity contribution in [2.24, 2.45) is 0 Å². The number of nitrogens with zero attached hydrogens (tertiary/aromatic N) is 2. The highest BCUT2D eigenvalue weighted by Gasteiger charge is 2.37. The second kappa shape index (κ2) is 6.20. The first-order valence-electron chi connectivity index (χ1n) is 6.22. The van der Waals surface area contributed by atoms with E-state index in [0.717, 1.165) is 19.3 Å². The van der Waals surface area contributed by atoms with Crippen molar-refractivity contribution in [1.29, 1.82) is 0 Å². The number of alkyl halides is 3. The molecule has 1 N–H and O–H groups in total. The van der Waals surface area contributed by atoms with Crippen molar-refractivity contribution in [3.8, 4) is 0 Å². The first-order chi connectivity index (χ1) is 9.92. The third-order valence-corrected chi connectivity index (χ3v) is 2.27. The highest BCUT2D eigenvalue weighted by Crippen LogP contribution is 2.30. The number of amides is 2. The lowest BCUT2D eigenvalue weighted by atomic mass is 10.1. The summed E-state index contributed by atoms with van der Waals surface area (Å²) in [5.41, 5.74) is -0.759. The average molecular weight is 319 g/mol. The minimum absolute atomic E-state index is 0.611. The van der Waals surface area contributed by atoms with Gasteiger partial charge in [-0.3, -0.25) is 14.8 Å². The Bertz CT molecular complexity index is 568. The molecule has 22 heavy (non-hydrogen) atoms. The molecule has 122 valence electrons. The molecule has 0 unspecified atom stereocenters. The van der Waals surface area contributed by atoms with E-state index in [1.54, 1.807) is 20.8 Å². The molecule has 0 saturated heterocycles. The molecular weight excluding hydrogens is 303 g/mol. The molecule has 6 nitrogen and oxygen atoms in total. The SMILES string of the molecule is CN(NC(=O)OC(C)(C)C)C(=O)c1cccnc1C(F)(F)F. The van der Waals surface area contributed by atoms with Gasteiger partial charge < -0.3 is 4.74 Å². The molecule has 1 aromatic rings. The molecule has 0 aliphatic heterocycles. The molecule has 0 aliphatic rings. The van der Waals surface area contributed by atoms with E-state index in [1.165, 1.54) is 6.07 Å². The lowest BCUT2D eigenvalue weighted by Gasteiger charge is -2.24. The summed E-state index contributed by atoms with van der Waals surface area (Å²) in [5.74, 6) is -1.06. The Kier molecular flexibility index (Phi) is 5.00. The maximum absolute atomic E-state index is 12.8. The lowest BCUT2D eigenvalue weighted by Crippen LogP contribution is -2.46. The van der Waals surface area contributed by atoms with Crippen LogP contribution in [0.5, 0.6) is 0 Å². The largest absolute Gasteiger partial charge is 0.443 e. The Labute approximate surface area is 125 Å². The fourth-order valence-electron chi connectivity index (χ4n) is 1.47. The number of ether oxygens (including phenoxy) is 1. The van der Waals surface area contributed by atoms with Crippen molar-refractivity contribution in [2.75, 3.05) is 7.05 Å². The van der Waals surface area contributed by atoms with Crippen LogP contribution in [0.3, 0.4) is 0 Å². The maximum Gasteiger partial charge on any atom is 0.434 e. The number of hydrogen-bond acceptors (Lipinski definition) is 4. The van der Waals surface area contributed by atoms with Gasteiger partial charge in [0.05, 0.1) is 5.56 Å². The number of aromatic nitrogens is 1. The van der Waals surface area contributed by atoms with Gasteiger partial charge in [-0.2, -0.15) is 13.2 Å². The Hall–Kier alpha value is -2.32. The minimum Gasteiger partial charge on any atom is -0.443 e. The molecule has 0 atom stereocenters. The molecule has 0 saturated carbocycles. The zero-order valence-electron chi connectivity index (χ0n) is 12.5. The van der Waals surface area contributed by atoms with Crippen LogP contribution in [0.4, 0.5) is 18.0 Å². The van der Waals surface area contributed by atoms with E-state index in [0.29, 0.717) is 5.01 Å². The van der Waals surface area contributed by atoms with Crippen LogP contribution in [-0.4, -0.2) is 34.6 Å². The van der Waals surface area contributed by atoms with Crippen LogP contribution in [0.2, 0.25) is 0 Å². The third kappa shape index (κ3) is 4.90.